The molecule has 2 aliphatic rings. The molecule has 0 saturated carbocycles. The molecule has 3 unspecified atom stereocenters. The van der Waals surface area contributed by atoms with Crippen molar-refractivity contribution in [1.82, 2.24) is 0 Å². The maximum absolute atomic E-state index is 6.95. The molecule has 0 bridgehead atoms. The molecule has 3 atom stereocenters. The third-order valence-electron chi connectivity index (χ3n) is 7.04. The van der Waals surface area contributed by atoms with Crippen molar-refractivity contribution in [2.24, 2.45) is 0 Å². The van der Waals surface area contributed by atoms with Crippen molar-refractivity contribution in [1.29, 1.82) is 0 Å². The van der Waals surface area contributed by atoms with Crippen LogP contribution in [0.3, 0.4) is 0 Å². The second-order valence-electron chi connectivity index (χ2n) is 9.48. The molecule has 0 radical (unpaired) electrons. The van der Waals surface area contributed by atoms with E-state index in [0.717, 1.165) is 26.1 Å². The third-order valence-corrected chi connectivity index (χ3v) is 47.5. The van der Waals surface area contributed by atoms with Gasteiger partial charge >= 0.3 is 0 Å². The molecule has 0 aromatic rings. The van der Waals surface area contributed by atoms with Gasteiger partial charge in [-0.05, 0) is 45.3 Å². The molecule has 136 valence electrons. The Kier molecular flexibility index (Phi) is 5.77. The molecule has 0 N–H and O–H groups in total. The molecule has 2 aliphatic heterocycles. The Morgan fingerprint density at radius 2 is 1.83 bits per heavy atom. The minimum Gasteiger partial charge on any atom is -0.413 e. The summed E-state index contributed by atoms with van der Waals surface area (Å²) in [6.07, 6.45) is 3.86. The number of rotatable bonds is 5. The summed E-state index contributed by atoms with van der Waals surface area (Å²) < 4.78 is 19.1. The van der Waals surface area contributed by atoms with Crippen LogP contribution in [0.15, 0.2) is 0 Å². The molecular formula is C17H38O3Si3. The zero-order valence-electron chi connectivity index (χ0n) is 16.6. The maximum atomic E-state index is 6.95. The first-order valence-electron chi connectivity index (χ1n) is 9.38. The number of hydrogen-bond acceptors (Lipinski definition) is 3. The molecule has 2 rings (SSSR count). The molecule has 6 heteroatoms. The molecule has 0 amide bonds. The zero-order chi connectivity index (χ0) is 17.5. The highest BCUT2D eigenvalue weighted by molar-refractivity contribution is 7.67. The Labute approximate surface area is 146 Å². The van der Waals surface area contributed by atoms with Gasteiger partial charge in [0.1, 0.15) is 0 Å². The van der Waals surface area contributed by atoms with E-state index in [1.165, 1.54) is 12.5 Å². The second kappa shape index (κ2) is 6.68. The van der Waals surface area contributed by atoms with Gasteiger partial charge in [-0.25, -0.2) is 0 Å². The lowest BCUT2D eigenvalue weighted by Gasteiger charge is -2.60. The summed E-state index contributed by atoms with van der Waals surface area (Å²) in [6, 6.07) is 1.25. The van der Waals surface area contributed by atoms with Gasteiger partial charge in [0.15, 0.2) is 7.83 Å². The van der Waals surface area contributed by atoms with Gasteiger partial charge in [-0.2, -0.15) is 0 Å². The minimum absolute atomic E-state index is 0.0959. The lowest BCUT2D eigenvalue weighted by Crippen LogP contribution is -2.79. The van der Waals surface area contributed by atoms with Gasteiger partial charge in [0.2, 0.25) is 0 Å². The quantitative estimate of drug-likeness (QED) is 0.662. The Hall–Kier alpha value is 0.531. The largest absolute Gasteiger partial charge is 0.413 e. The van der Waals surface area contributed by atoms with Crippen LogP contribution in [0.25, 0.3) is 0 Å². The smallest absolute Gasteiger partial charge is 0.172 e. The van der Waals surface area contributed by atoms with Crippen molar-refractivity contribution in [2.45, 2.75) is 96.2 Å². The highest BCUT2D eigenvalue weighted by atomic mass is 29.6. The van der Waals surface area contributed by atoms with Crippen LogP contribution in [0.5, 0.6) is 0 Å². The fraction of sp³-hybridized carbons (Fsp3) is 1.00. The third kappa shape index (κ3) is 3.72. The highest BCUT2D eigenvalue weighted by Gasteiger charge is 2.62. The van der Waals surface area contributed by atoms with Gasteiger partial charge in [0.25, 0.3) is 0 Å². The SMILES string of the molecule is CCC(OCC1CCCO1)C1(C)C[Si](C)(C)[Si](C)(C)[Si](C)(C)O1. The second-order valence-corrected chi connectivity index (χ2v) is 36.7. The van der Waals surface area contributed by atoms with E-state index in [9.17, 15) is 0 Å². The van der Waals surface area contributed by atoms with Crippen LogP contribution in [0.4, 0.5) is 0 Å². The molecule has 2 fully saturated rings. The maximum Gasteiger partial charge on any atom is 0.172 e. The van der Waals surface area contributed by atoms with Crippen LogP contribution in [-0.2, 0) is 13.9 Å². The fourth-order valence-electron chi connectivity index (χ4n) is 4.56. The van der Waals surface area contributed by atoms with Gasteiger partial charge < -0.3 is 13.9 Å². The van der Waals surface area contributed by atoms with E-state index in [2.05, 4.69) is 53.1 Å². The molecule has 0 aromatic carbocycles. The predicted octanol–water partition coefficient (Wildman–Crippen LogP) is 4.53. The van der Waals surface area contributed by atoms with Crippen molar-refractivity contribution in [3.63, 3.8) is 0 Å². The first-order chi connectivity index (χ1) is 10.5. The van der Waals surface area contributed by atoms with Crippen molar-refractivity contribution >= 4 is 22.5 Å². The molecule has 0 spiro atoms. The van der Waals surface area contributed by atoms with Gasteiger partial charge in [-0.3, -0.25) is 0 Å². The monoisotopic (exact) mass is 374 g/mol. The number of ether oxygens (including phenoxy) is 2. The van der Waals surface area contributed by atoms with Crippen molar-refractivity contribution in [2.75, 3.05) is 13.2 Å². The summed E-state index contributed by atoms with van der Waals surface area (Å²) in [4.78, 5) is 0. The molecule has 2 heterocycles. The summed E-state index contributed by atoms with van der Waals surface area (Å²) in [6.45, 7) is 21.6. The van der Waals surface area contributed by atoms with Crippen LogP contribution >= 0.6 is 0 Å². The normalized spacial score (nSPS) is 36.8. The average molecular weight is 375 g/mol. The summed E-state index contributed by atoms with van der Waals surface area (Å²) in [5, 5.41) is 0. The predicted molar refractivity (Wildman–Crippen MR) is 106 cm³/mol. The Morgan fingerprint density at radius 3 is 2.30 bits per heavy atom. The topological polar surface area (TPSA) is 27.7 Å². The summed E-state index contributed by atoms with van der Waals surface area (Å²) in [7, 11) is -4.17. The Morgan fingerprint density at radius 1 is 1.17 bits per heavy atom. The fourth-order valence-corrected chi connectivity index (χ4v) is 35.1. The molecule has 0 aromatic heterocycles. The van der Waals surface area contributed by atoms with Gasteiger partial charge in [0.05, 0.1) is 31.5 Å². The van der Waals surface area contributed by atoms with Crippen LogP contribution in [0.1, 0.15) is 33.1 Å². The van der Waals surface area contributed by atoms with Crippen LogP contribution in [0.2, 0.25) is 45.3 Å². The van der Waals surface area contributed by atoms with Gasteiger partial charge in [-0.1, -0.05) is 33.1 Å². The zero-order valence-corrected chi connectivity index (χ0v) is 19.6. The molecule has 0 aliphatic carbocycles. The van der Waals surface area contributed by atoms with Gasteiger partial charge in [-0.15, -0.1) is 0 Å². The molecular weight excluding hydrogens is 336 g/mol. The molecule has 3 nitrogen and oxygen atoms in total. The first-order valence-corrected chi connectivity index (χ1v) is 20.5. The summed E-state index contributed by atoms with van der Waals surface area (Å²) in [5.41, 5.74) is -0.0959. The van der Waals surface area contributed by atoms with E-state index in [-0.39, 0.29) is 11.7 Å². The van der Waals surface area contributed by atoms with Crippen molar-refractivity contribution < 1.29 is 13.9 Å². The lowest BCUT2D eigenvalue weighted by atomic mass is 9.99. The van der Waals surface area contributed by atoms with E-state index in [0.29, 0.717) is 6.10 Å². The standard InChI is InChI=1S/C17H38O3Si3/c1-9-16(19-13-15-11-10-12-18-15)17(2)14-21(3,4)23(7,8)22(5,6)20-17/h15-16H,9-14H2,1-8H3. The van der Waals surface area contributed by atoms with Crippen LogP contribution in [0, 0.1) is 0 Å². The van der Waals surface area contributed by atoms with E-state index >= 15 is 0 Å². The van der Waals surface area contributed by atoms with E-state index in [1.54, 1.807) is 0 Å². The lowest BCUT2D eigenvalue weighted by molar-refractivity contribution is -0.102. The highest BCUT2D eigenvalue weighted by Crippen LogP contribution is 2.46. The minimum atomic E-state index is -1.64. The Balaban J connectivity index is 2.14. The van der Waals surface area contributed by atoms with Crippen molar-refractivity contribution in [3.05, 3.63) is 0 Å². The van der Waals surface area contributed by atoms with Crippen LogP contribution < -0.4 is 0 Å². The number of hydrogen-bond donors (Lipinski definition) is 0. The van der Waals surface area contributed by atoms with E-state index < -0.39 is 22.5 Å². The Bertz CT molecular complexity index is 397. The van der Waals surface area contributed by atoms with Crippen LogP contribution in [-0.4, -0.2) is 53.6 Å². The molecule has 2 saturated heterocycles. The van der Waals surface area contributed by atoms with Gasteiger partial charge in [0, 0.05) is 14.2 Å². The van der Waals surface area contributed by atoms with E-state index in [4.69, 9.17) is 13.9 Å². The molecule has 23 heavy (non-hydrogen) atoms. The summed E-state index contributed by atoms with van der Waals surface area (Å²) >= 11 is 0. The average Bonchev–Trinajstić information content (AvgIpc) is 2.89. The summed E-state index contributed by atoms with van der Waals surface area (Å²) in [5.74, 6) is 0. The first kappa shape index (κ1) is 19.9. The van der Waals surface area contributed by atoms with Crippen molar-refractivity contribution in [3.8, 4) is 0 Å². The van der Waals surface area contributed by atoms with E-state index in [1.807, 2.05) is 0 Å².